The van der Waals surface area contributed by atoms with Gasteiger partial charge in [0.2, 0.25) is 0 Å². The molecule has 0 atom stereocenters. The van der Waals surface area contributed by atoms with Crippen molar-refractivity contribution in [3.63, 3.8) is 0 Å². The molecule has 2 heterocycles. The van der Waals surface area contributed by atoms with Crippen LogP contribution in [0, 0.1) is 6.92 Å². The zero-order valence-electron chi connectivity index (χ0n) is 9.82. The van der Waals surface area contributed by atoms with Gasteiger partial charge in [-0.1, -0.05) is 0 Å². The highest BCUT2D eigenvalue weighted by molar-refractivity contribution is 5.53. The van der Waals surface area contributed by atoms with Crippen LogP contribution in [0.25, 0.3) is 11.4 Å². The normalized spacial score (nSPS) is 10.5. The van der Waals surface area contributed by atoms with Gasteiger partial charge in [-0.3, -0.25) is 9.78 Å². The van der Waals surface area contributed by atoms with Gasteiger partial charge in [-0.2, -0.15) is 0 Å². The van der Waals surface area contributed by atoms with Crippen LogP contribution in [0.4, 0.5) is 0 Å². The second-order valence-electron chi connectivity index (χ2n) is 3.74. The highest BCUT2D eigenvalue weighted by atomic mass is 16.1. The minimum Gasteiger partial charge on any atom is -0.315 e. The van der Waals surface area contributed by atoms with Crippen molar-refractivity contribution in [2.75, 3.05) is 7.05 Å². The van der Waals surface area contributed by atoms with Crippen LogP contribution in [-0.4, -0.2) is 22.0 Å². The lowest BCUT2D eigenvalue weighted by atomic mass is 10.2. The Labute approximate surface area is 99.0 Å². The Morgan fingerprint density at radius 2 is 2.06 bits per heavy atom. The number of H-pyrrole nitrogens is 1. The SMILES string of the molecule is CNCc1c(C)nc(-c2ccncc2)[nH]c1=O. The van der Waals surface area contributed by atoms with E-state index in [1.807, 2.05) is 19.1 Å². The fourth-order valence-electron chi connectivity index (χ4n) is 1.64. The maximum atomic E-state index is 11.9. The second kappa shape index (κ2) is 4.88. The highest BCUT2D eigenvalue weighted by Gasteiger charge is 2.08. The van der Waals surface area contributed by atoms with E-state index in [4.69, 9.17) is 0 Å². The lowest BCUT2D eigenvalue weighted by Crippen LogP contribution is -2.21. The van der Waals surface area contributed by atoms with E-state index in [2.05, 4.69) is 20.3 Å². The Kier molecular flexibility index (Phi) is 3.30. The van der Waals surface area contributed by atoms with Gasteiger partial charge in [0, 0.05) is 30.2 Å². The summed E-state index contributed by atoms with van der Waals surface area (Å²) in [6.07, 6.45) is 3.35. The van der Waals surface area contributed by atoms with Crippen LogP contribution in [0.3, 0.4) is 0 Å². The minimum atomic E-state index is -0.0985. The van der Waals surface area contributed by atoms with E-state index in [9.17, 15) is 4.79 Å². The number of nitrogens with zero attached hydrogens (tertiary/aromatic N) is 2. The number of nitrogens with one attached hydrogen (secondary N) is 2. The molecule has 0 aliphatic heterocycles. The van der Waals surface area contributed by atoms with E-state index in [1.54, 1.807) is 19.4 Å². The van der Waals surface area contributed by atoms with Crippen molar-refractivity contribution in [2.45, 2.75) is 13.5 Å². The maximum absolute atomic E-state index is 11.9. The van der Waals surface area contributed by atoms with Crippen molar-refractivity contribution < 1.29 is 0 Å². The molecule has 5 nitrogen and oxygen atoms in total. The molecule has 0 saturated heterocycles. The summed E-state index contributed by atoms with van der Waals surface area (Å²) >= 11 is 0. The average molecular weight is 230 g/mol. The molecule has 0 fully saturated rings. The zero-order chi connectivity index (χ0) is 12.3. The number of aromatic amines is 1. The lowest BCUT2D eigenvalue weighted by molar-refractivity contribution is 0.787. The van der Waals surface area contributed by atoms with Gasteiger partial charge >= 0.3 is 0 Å². The molecule has 0 spiro atoms. The third kappa shape index (κ3) is 2.39. The predicted octanol–water partition coefficient (Wildman–Crippen LogP) is 0.860. The highest BCUT2D eigenvalue weighted by Crippen LogP contribution is 2.12. The molecule has 0 radical (unpaired) electrons. The molecule has 0 saturated carbocycles. The zero-order valence-corrected chi connectivity index (χ0v) is 9.82. The first-order valence-corrected chi connectivity index (χ1v) is 5.37. The lowest BCUT2D eigenvalue weighted by Gasteiger charge is -2.06. The summed E-state index contributed by atoms with van der Waals surface area (Å²) < 4.78 is 0. The number of rotatable bonds is 3. The van der Waals surface area contributed by atoms with Crippen LogP contribution in [-0.2, 0) is 6.54 Å². The molecule has 0 aliphatic carbocycles. The smallest absolute Gasteiger partial charge is 0.255 e. The Bertz CT molecular complexity index is 562. The van der Waals surface area contributed by atoms with Crippen molar-refractivity contribution in [3.05, 3.63) is 46.1 Å². The van der Waals surface area contributed by atoms with E-state index in [-0.39, 0.29) is 5.56 Å². The topological polar surface area (TPSA) is 70.7 Å². The summed E-state index contributed by atoms with van der Waals surface area (Å²) in [5, 5.41) is 2.95. The van der Waals surface area contributed by atoms with Gasteiger partial charge < -0.3 is 10.3 Å². The van der Waals surface area contributed by atoms with Crippen molar-refractivity contribution in [1.29, 1.82) is 0 Å². The minimum absolute atomic E-state index is 0.0985. The quantitative estimate of drug-likeness (QED) is 0.820. The molecular weight excluding hydrogens is 216 g/mol. The van der Waals surface area contributed by atoms with Crippen molar-refractivity contribution in [3.8, 4) is 11.4 Å². The molecule has 17 heavy (non-hydrogen) atoms. The fourth-order valence-corrected chi connectivity index (χ4v) is 1.64. The molecule has 88 valence electrons. The van der Waals surface area contributed by atoms with Crippen molar-refractivity contribution in [2.24, 2.45) is 0 Å². The van der Waals surface area contributed by atoms with E-state index < -0.39 is 0 Å². The van der Waals surface area contributed by atoms with Crippen molar-refractivity contribution >= 4 is 0 Å². The largest absolute Gasteiger partial charge is 0.315 e. The number of pyridine rings is 1. The van der Waals surface area contributed by atoms with Gasteiger partial charge in [0.1, 0.15) is 5.82 Å². The Morgan fingerprint density at radius 1 is 1.35 bits per heavy atom. The third-order valence-electron chi connectivity index (χ3n) is 2.53. The summed E-state index contributed by atoms with van der Waals surface area (Å²) in [6, 6.07) is 3.63. The van der Waals surface area contributed by atoms with E-state index in [0.717, 1.165) is 11.3 Å². The Morgan fingerprint density at radius 3 is 2.65 bits per heavy atom. The molecule has 0 aromatic carbocycles. The van der Waals surface area contributed by atoms with Gasteiger partial charge in [0.05, 0.1) is 5.56 Å². The average Bonchev–Trinajstić information content (AvgIpc) is 2.35. The monoisotopic (exact) mass is 230 g/mol. The summed E-state index contributed by atoms with van der Waals surface area (Å²) in [5.41, 5.74) is 2.18. The maximum Gasteiger partial charge on any atom is 0.255 e. The van der Waals surface area contributed by atoms with Crippen LogP contribution in [0.15, 0.2) is 29.3 Å². The first kappa shape index (κ1) is 11.5. The van der Waals surface area contributed by atoms with Crippen molar-refractivity contribution in [1.82, 2.24) is 20.3 Å². The molecule has 0 bridgehead atoms. The van der Waals surface area contributed by atoms with Crippen LogP contribution in [0.5, 0.6) is 0 Å². The standard InChI is InChI=1S/C12H14N4O/c1-8-10(7-13-2)12(17)16-11(15-8)9-3-5-14-6-4-9/h3-6,13H,7H2,1-2H3,(H,15,16,17). The van der Waals surface area contributed by atoms with Gasteiger partial charge in [0.15, 0.2) is 0 Å². The number of aryl methyl sites for hydroxylation is 1. The third-order valence-corrected chi connectivity index (χ3v) is 2.53. The fraction of sp³-hybridized carbons (Fsp3) is 0.250. The van der Waals surface area contributed by atoms with Crippen LogP contribution >= 0.6 is 0 Å². The summed E-state index contributed by atoms with van der Waals surface area (Å²) in [6.45, 7) is 2.36. The van der Waals surface area contributed by atoms with Crippen LogP contribution in [0.2, 0.25) is 0 Å². The molecular formula is C12H14N4O. The Balaban J connectivity index is 2.50. The molecule has 5 heteroatoms. The number of aromatic nitrogens is 3. The first-order valence-electron chi connectivity index (χ1n) is 5.37. The van der Waals surface area contributed by atoms with Gasteiger partial charge in [-0.15, -0.1) is 0 Å². The summed E-state index contributed by atoms with van der Waals surface area (Å²) in [4.78, 5) is 23.0. The molecule has 2 rings (SSSR count). The molecule has 0 aliphatic rings. The predicted molar refractivity (Wildman–Crippen MR) is 65.6 cm³/mol. The molecule has 0 unspecified atom stereocenters. The van der Waals surface area contributed by atoms with E-state index in [1.165, 1.54) is 0 Å². The van der Waals surface area contributed by atoms with Gasteiger partial charge in [-0.25, -0.2) is 4.98 Å². The molecule has 2 aromatic heterocycles. The summed E-state index contributed by atoms with van der Waals surface area (Å²) in [7, 11) is 1.80. The molecule has 0 amide bonds. The van der Waals surface area contributed by atoms with Gasteiger partial charge in [-0.05, 0) is 26.1 Å². The van der Waals surface area contributed by atoms with Gasteiger partial charge in [0.25, 0.3) is 5.56 Å². The molecule has 2 N–H and O–H groups in total. The van der Waals surface area contributed by atoms with Crippen LogP contribution in [0.1, 0.15) is 11.3 Å². The van der Waals surface area contributed by atoms with E-state index >= 15 is 0 Å². The number of hydrogen-bond acceptors (Lipinski definition) is 4. The number of hydrogen-bond donors (Lipinski definition) is 2. The Hall–Kier alpha value is -2.01. The van der Waals surface area contributed by atoms with E-state index in [0.29, 0.717) is 17.9 Å². The summed E-state index contributed by atoms with van der Waals surface area (Å²) in [5.74, 6) is 0.578. The molecule has 2 aromatic rings. The van der Waals surface area contributed by atoms with Crippen LogP contribution < -0.4 is 10.9 Å². The first-order chi connectivity index (χ1) is 8.22. The second-order valence-corrected chi connectivity index (χ2v) is 3.74.